The molecule has 7 heteroatoms. The summed E-state index contributed by atoms with van der Waals surface area (Å²) in [6, 6.07) is 6.27. The number of aryl methyl sites for hydroxylation is 1. The quantitative estimate of drug-likeness (QED) is 0.832. The lowest BCUT2D eigenvalue weighted by atomic mass is 10.1. The van der Waals surface area contributed by atoms with E-state index in [-0.39, 0.29) is 18.0 Å². The van der Waals surface area contributed by atoms with Gasteiger partial charge in [-0.25, -0.2) is 13.1 Å². The van der Waals surface area contributed by atoms with Crippen LogP contribution in [-0.4, -0.2) is 38.9 Å². The van der Waals surface area contributed by atoms with Crippen molar-refractivity contribution in [2.75, 3.05) is 19.8 Å². The molecule has 0 amide bonds. The van der Waals surface area contributed by atoms with Gasteiger partial charge in [0.1, 0.15) is 5.60 Å². The second-order valence-electron chi connectivity index (χ2n) is 4.94. The van der Waals surface area contributed by atoms with Gasteiger partial charge in [0.05, 0.1) is 23.1 Å². The van der Waals surface area contributed by atoms with E-state index < -0.39 is 15.6 Å². The number of benzene rings is 1. The first kappa shape index (κ1) is 14.9. The normalized spacial score (nSPS) is 22.6. The summed E-state index contributed by atoms with van der Waals surface area (Å²) in [6.07, 6.45) is 0.405. The minimum Gasteiger partial charge on any atom is -0.386 e. The van der Waals surface area contributed by atoms with Gasteiger partial charge in [-0.2, -0.15) is 5.26 Å². The van der Waals surface area contributed by atoms with Crippen molar-refractivity contribution in [3.8, 4) is 6.07 Å². The first-order valence-corrected chi connectivity index (χ1v) is 7.65. The fourth-order valence-corrected chi connectivity index (χ4v) is 3.18. The molecule has 1 aliphatic heterocycles. The maximum atomic E-state index is 12.1. The Morgan fingerprint density at radius 2 is 2.30 bits per heavy atom. The van der Waals surface area contributed by atoms with E-state index in [1.807, 2.05) is 6.07 Å². The molecule has 1 aromatic rings. The van der Waals surface area contributed by atoms with Crippen molar-refractivity contribution in [3.63, 3.8) is 0 Å². The summed E-state index contributed by atoms with van der Waals surface area (Å²) in [6.45, 7) is 2.14. The van der Waals surface area contributed by atoms with Crippen LogP contribution in [0.25, 0.3) is 0 Å². The molecule has 1 heterocycles. The van der Waals surface area contributed by atoms with E-state index in [2.05, 4.69) is 4.72 Å². The Kier molecular flexibility index (Phi) is 4.11. The third-order valence-corrected chi connectivity index (χ3v) is 4.70. The fourth-order valence-electron chi connectivity index (χ4n) is 1.98. The number of ether oxygens (including phenoxy) is 1. The third-order valence-electron chi connectivity index (χ3n) is 3.30. The number of hydrogen-bond donors (Lipinski definition) is 2. The van der Waals surface area contributed by atoms with Crippen molar-refractivity contribution in [1.82, 2.24) is 4.72 Å². The maximum absolute atomic E-state index is 12.1. The number of rotatable bonds is 4. The van der Waals surface area contributed by atoms with E-state index in [0.717, 1.165) is 0 Å². The van der Waals surface area contributed by atoms with Gasteiger partial charge in [0.2, 0.25) is 10.0 Å². The molecule has 6 nitrogen and oxygen atoms in total. The van der Waals surface area contributed by atoms with Gasteiger partial charge < -0.3 is 9.84 Å². The molecule has 2 rings (SSSR count). The largest absolute Gasteiger partial charge is 0.386 e. The van der Waals surface area contributed by atoms with Gasteiger partial charge in [0.15, 0.2) is 0 Å². The molecule has 1 saturated heterocycles. The number of nitriles is 1. The summed E-state index contributed by atoms with van der Waals surface area (Å²) in [5.74, 6) is 0. The molecule has 108 valence electrons. The van der Waals surface area contributed by atoms with Crippen LogP contribution in [0.4, 0.5) is 0 Å². The van der Waals surface area contributed by atoms with Crippen LogP contribution in [0.1, 0.15) is 17.5 Å². The first-order valence-electron chi connectivity index (χ1n) is 6.17. The van der Waals surface area contributed by atoms with Gasteiger partial charge in [0, 0.05) is 19.6 Å². The highest BCUT2D eigenvalue weighted by atomic mass is 32.2. The Labute approximate surface area is 118 Å². The number of nitrogens with one attached hydrogen (secondary N) is 1. The van der Waals surface area contributed by atoms with E-state index in [0.29, 0.717) is 24.2 Å². The second-order valence-corrected chi connectivity index (χ2v) is 6.71. The zero-order valence-corrected chi connectivity index (χ0v) is 11.9. The summed E-state index contributed by atoms with van der Waals surface area (Å²) >= 11 is 0. The van der Waals surface area contributed by atoms with E-state index >= 15 is 0 Å². The molecule has 0 aromatic heterocycles. The SMILES string of the molecule is Cc1cc(S(=O)(=O)NCC2(O)CCOC2)ccc1C#N. The highest BCUT2D eigenvalue weighted by molar-refractivity contribution is 7.89. The third kappa shape index (κ3) is 3.16. The fraction of sp³-hybridized carbons (Fsp3) is 0.462. The van der Waals surface area contributed by atoms with Crippen LogP contribution in [0, 0.1) is 18.3 Å². The zero-order chi connectivity index (χ0) is 14.8. The molecular weight excluding hydrogens is 280 g/mol. The Bertz CT molecular complexity index is 643. The average molecular weight is 296 g/mol. The molecule has 1 aromatic carbocycles. The van der Waals surface area contributed by atoms with Crippen molar-refractivity contribution in [3.05, 3.63) is 29.3 Å². The minimum absolute atomic E-state index is 0.0801. The van der Waals surface area contributed by atoms with E-state index in [1.165, 1.54) is 18.2 Å². The Balaban J connectivity index is 2.14. The minimum atomic E-state index is -3.71. The van der Waals surface area contributed by atoms with Crippen LogP contribution in [0.5, 0.6) is 0 Å². The lowest BCUT2D eigenvalue weighted by molar-refractivity contribution is 0.0314. The van der Waals surface area contributed by atoms with E-state index in [9.17, 15) is 13.5 Å². The standard InChI is InChI=1S/C13H16N2O4S/c1-10-6-12(3-2-11(10)7-14)20(17,18)15-8-13(16)4-5-19-9-13/h2-3,6,15-16H,4-5,8-9H2,1H3. The van der Waals surface area contributed by atoms with Crippen molar-refractivity contribution in [2.24, 2.45) is 0 Å². The summed E-state index contributed by atoms with van der Waals surface area (Å²) < 4.78 is 31.7. The molecule has 2 N–H and O–H groups in total. The van der Waals surface area contributed by atoms with Crippen LogP contribution in [0.15, 0.2) is 23.1 Å². The van der Waals surface area contributed by atoms with Crippen LogP contribution in [-0.2, 0) is 14.8 Å². The van der Waals surface area contributed by atoms with Gasteiger partial charge >= 0.3 is 0 Å². The second kappa shape index (κ2) is 5.50. The molecular formula is C13H16N2O4S. The van der Waals surface area contributed by atoms with Crippen LogP contribution in [0.3, 0.4) is 0 Å². The molecule has 1 aliphatic rings. The maximum Gasteiger partial charge on any atom is 0.240 e. The first-order chi connectivity index (χ1) is 9.36. The smallest absolute Gasteiger partial charge is 0.240 e. The molecule has 1 fully saturated rings. The molecule has 0 bridgehead atoms. The number of nitrogens with zero attached hydrogens (tertiary/aromatic N) is 1. The lowest BCUT2D eigenvalue weighted by Gasteiger charge is -2.20. The van der Waals surface area contributed by atoms with E-state index in [4.69, 9.17) is 10.00 Å². The molecule has 20 heavy (non-hydrogen) atoms. The van der Waals surface area contributed by atoms with Crippen molar-refractivity contribution in [2.45, 2.75) is 23.8 Å². The van der Waals surface area contributed by atoms with Gasteiger partial charge in [-0.15, -0.1) is 0 Å². The average Bonchev–Trinajstić information content (AvgIpc) is 2.84. The van der Waals surface area contributed by atoms with Gasteiger partial charge in [-0.05, 0) is 30.7 Å². The molecule has 1 unspecified atom stereocenters. The number of aliphatic hydroxyl groups is 1. The monoisotopic (exact) mass is 296 g/mol. The van der Waals surface area contributed by atoms with Crippen molar-refractivity contribution >= 4 is 10.0 Å². The van der Waals surface area contributed by atoms with Gasteiger partial charge in [0.25, 0.3) is 0 Å². The molecule has 1 atom stereocenters. The van der Waals surface area contributed by atoms with Gasteiger partial charge in [-0.1, -0.05) is 0 Å². The Morgan fingerprint density at radius 3 is 2.85 bits per heavy atom. The summed E-state index contributed by atoms with van der Waals surface area (Å²) in [5, 5.41) is 18.9. The van der Waals surface area contributed by atoms with Crippen LogP contribution >= 0.6 is 0 Å². The van der Waals surface area contributed by atoms with Gasteiger partial charge in [-0.3, -0.25) is 0 Å². The number of hydrogen-bond acceptors (Lipinski definition) is 5. The number of sulfonamides is 1. The Morgan fingerprint density at radius 1 is 1.55 bits per heavy atom. The summed E-state index contributed by atoms with van der Waals surface area (Å²) in [7, 11) is -3.71. The molecule has 0 saturated carbocycles. The predicted molar refractivity (Wildman–Crippen MR) is 71.5 cm³/mol. The topological polar surface area (TPSA) is 99.4 Å². The molecule has 0 aliphatic carbocycles. The van der Waals surface area contributed by atoms with E-state index in [1.54, 1.807) is 6.92 Å². The predicted octanol–water partition coefficient (Wildman–Crippen LogP) is 0.296. The zero-order valence-electron chi connectivity index (χ0n) is 11.1. The highest BCUT2D eigenvalue weighted by Gasteiger charge is 2.33. The molecule has 0 radical (unpaired) electrons. The summed E-state index contributed by atoms with van der Waals surface area (Å²) in [4.78, 5) is 0.0801. The summed E-state index contributed by atoms with van der Waals surface area (Å²) in [5.41, 5.74) is -0.112. The molecule has 0 spiro atoms. The lowest BCUT2D eigenvalue weighted by Crippen LogP contribution is -2.43. The Hall–Kier alpha value is -1.46. The van der Waals surface area contributed by atoms with Crippen LogP contribution in [0.2, 0.25) is 0 Å². The highest BCUT2D eigenvalue weighted by Crippen LogP contribution is 2.19. The van der Waals surface area contributed by atoms with Crippen LogP contribution < -0.4 is 4.72 Å². The van der Waals surface area contributed by atoms with Crippen molar-refractivity contribution < 1.29 is 18.3 Å². The van der Waals surface area contributed by atoms with Crippen molar-refractivity contribution in [1.29, 1.82) is 5.26 Å².